The van der Waals surface area contributed by atoms with Crippen molar-refractivity contribution in [3.63, 3.8) is 0 Å². The number of hydrogen-bond acceptors (Lipinski definition) is 6. The third kappa shape index (κ3) is 4.18. The van der Waals surface area contributed by atoms with Crippen LogP contribution < -0.4 is 10.2 Å². The Morgan fingerprint density at radius 3 is 2.68 bits per heavy atom. The maximum absolute atomic E-state index is 5.96. The van der Waals surface area contributed by atoms with Crippen molar-refractivity contribution >= 4 is 23.5 Å². The first-order chi connectivity index (χ1) is 9.19. The van der Waals surface area contributed by atoms with E-state index in [1.54, 1.807) is 0 Å². The van der Waals surface area contributed by atoms with Gasteiger partial charge in [-0.3, -0.25) is 0 Å². The molecule has 1 N–H and O–H groups in total. The average molecular weight is 285 g/mol. The lowest BCUT2D eigenvalue weighted by molar-refractivity contribution is 0.367. The molecule has 0 aliphatic carbocycles. The number of rotatable bonds is 6. The highest BCUT2D eigenvalue weighted by molar-refractivity contribution is 6.28. The van der Waals surface area contributed by atoms with E-state index in [0.717, 1.165) is 32.7 Å². The van der Waals surface area contributed by atoms with E-state index < -0.39 is 0 Å². The molecule has 1 saturated heterocycles. The molecule has 1 aromatic rings. The molecule has 2 rings (SSSR count). The Morgan fingerprint density at radius 2 is 2.00 bits per heavy atom. The summed E-state index contributed by atoms with van der Waals surface area (Å²) in [5, 5.41) is 3.45. The number of likely N-dealkylation sites (N-methyl/N-ethyl adjacent to an activating group) is 1. The summed E-state index contributed by atoms with van der Waals surface area (Å²) in [5.41, 5.74) is 0. The minimum Gasteiger partial charge on any atom is -0.353 e. The molecule has 0 spiro atoms. The molecular weight excluding hydrogens is 264 g/mol. The molecular formula is C12H21ClN6. The molecule has 0 atom stereocenters. The molecule has 0 amide bonds. The molecule has 0 aromatic carbocycles. The molecule has 0 unspecified atom stereocenters. The number of nitrogens with one attached hydrogen (secondary N) is 1. The van der Waals surface area contributed by atoms with E-state index in [9.17, 15) is 0 Å². The van der Waals surface area contributed by atoms with Crippen molar-refractivity contribution < 1.29 is 0 Å². The highest BCUT2D eigenvalue weighted by Gasteiger charge is 2.16. The van der Waals surface area contributed by atoms with Gasteiger partial charge < -0.3 is 15.1 Å². The van der Waals surface area contributed by atoms with Crippen molar-refractivity contribution in [1.29, 1.82) is 0 Å². The molecule has 1 aliphatic rings. The smallest absolute Gasteiger partial charge is 0.231 e. The summed E-state index contributed by atoms with van der Waals surface area (Å²) < 4.78 is 0. The third-order valence-electron chi connectivity index (χ3n) is 3.30. The minimum atomic E-state index is 0.253. The maximum atomic E-state index is 5.96. The fraction of sp³-hybridized carbons (Fsp3) is 0.750. The number of aromatic nitrogens is 3. The van der Waals surface area contributed by atoms with Gasteiger partial charge >= 0.3 is 0 Å². The van der Waals surface area contributed by atoms with Gasteiger partial charge in [-0.25, -0.2) is 0 Å². The highest BCUT2D eigenvalue weighted by atomic mass is 35.5. The van der Waals surface area contributed by atoms with Crippen LogP contribution in [0.5, 0.6) is 0 Å². The molecule has 7 heteroatoms. The van der Waals surface area contributed by atoms with E-state index in [2.05, 4.69) is 44.0 Å². The van der Waals surface area contributed by atoms with Crippen LogP contribution in [0.3, 0.4) is 0 Å². The van der Waals surface area contributed by atoms with Crippen LogP contribution >= 0.6 is 11.6 Å². The molecule has 2 heterocycles. The topological polar surface area (TPSA) is 57.2 Å². The predicted octanol–water partition coefficient (Wildman–Crippen LogP) is 1.49. The Morgan fingerprint density at radius 1 is 1.26 bits per heavy atom. The van der Waals surface area contributed by atoms with Gasteiger partial charge in [-0.1, -0.05) is 6.92 Å². The Balaban J connectivity index is 1.96. The highest BCUT2D eigenvalue weighted by Crippen LogP contribution is 2.18. The summed E-state index contributed by atoms with van der Waals surface area (Å²) in [6.45, 7) is 6.89. The van der Waals surface area contributed by atoms with Crippen molar-refractivity contribution in [1.82, 2.24) is 19.9 Å². The van der Waals surface area contributed by atoms with Gasteiger partial charge in [0.25, 0.3) is 0 Å². The maximum Gasteiger partial charge on any atom is 0.231 e. The van der Waals surface area contributed by atoms with Gasteiger partial charge in [-0.2, -0.15) is 15.0 Å². The van der Waals surface area contributed by atoms with Crippen LogP contribution in [0, 0.1) is 0 Å². The van der Waals surface area contributed by atoms with E-state index in [0.29, 0.717) is 11.9 Å². The Kier molecular flexibility index (Phi) is 5.15. The number of nitrogens with zero attached hydrogens (tertiary/aromatic N) is 5. The summed E-state index contributed by atoms with van der Waals surface area (Å²) in [7, 11) is 2.08. The van der Waals surface area contributed by atoms with Crippen molar-refractivity contribution in [2.45, 2.75) is 19.8 Å². The van der Waals surface area contributed by atoms with Gasteiger partial charge in [-0.15, -0.1) is 0 Å². The number of halogens is 1. The van der Waals surface area contributed by atoms with Crippen LogP contribution in [0.25, 0.3) is 0 Å². The second kappa shape index (κ2) is 6.86. The van der Waals surface area contributed by atoms with Crippen LogP contribution in [-0.4, -0.2) is 59.6 Å². The van der Waals surface area contributed by atoms with Gasteiger partial charge in [-0.05, 0) is 38.0 Å². The molecule has 106 valence electrons. The first-order valence-corrected chi connectivity index (χ1v) is 7.15. The number of anilines is 2. The standard InChI is InChI=1S/C12H21ClN6/c1-3-18(2)9-6-14-11-15-10(13)16-12(17-11)19-7-4-5-8-19/h3-9H2,1-2H3,(H,14,15,16,17). The first kappa shape index (κ1) is 14.3. The zero-order valence-corrected chi connectivity index (χ0v) is 12.3. The zero-order chi connectivity index (χ0) is 13.7. The van der Waals surface area contributed by atoms with Crippen LogP contribution in [-0.2, 0) is 0 Å². The van der Waals surface area contributed by atoms with E-state index >= 15 is 0 Å². The first-order valence-electron chi connectivity index (χ1n) is 6.78. The number of hydrogen-bond donors (Lipinski definition) is 1. The SMILES string of the molecule is CCN(C)CCNc1nc(Cl)nc(N2CCCC2)n1. The van der Waals surface area contributed by atoms with E-state index in [-0.39, 0.29) is 5.28 Å². The van der Waals surface area contributed by atoms with Gasteiger partial charge in [0.1, 0.15) is 0 Å². The molecule has 0 saturated carbocycles. The van der Waals surface area contributed by atoms with Crippen molar-refractivity contribution in [2.75, 3.05) is 50.0 Å². The predicted molar refractivity (Wildman–Crippen MR) is 77.9 cm³/mol. The van der Waals surface area contributed by atoms with E-state index in [4.69, 9.17) is 11.6 Å². The van der Waals surface area contributed by atoms with Crippen LogP contribution in [0.1, 0.15) is 19.8 Å². The van der Waals surface area contributed by atoms with E-state index in [1.165, 1.54) is 12.8 Å². The summed E-state index contributed by atoms with van der Waals surface area (Å²) in [4.78, 5) is 17.1. The largest absolute Gasteiger partial charge is 0.353 e. The third-order valence-corrected chi connectivity index (χ3v) is 3.47. The lowest BCUT2D eigenvalue weighted by atomic mass is 10.4. The average Bonchev–Trinajstić information content (AvgIpc) is 2.91. The molecule has 1 aliphatic heterocycles. The van der Waals surface area contributed by atoms with Crippen molar-refractivity contribution in [2.24, 2.45) is 0 Å². The second-order valence-electron chi connectivity index (χ2n) is 4.74. The molecule has 1 aromatic heterocycles. The fourth-order valence-corrected chi connectivity index (χ4v) is 2.15. The Bertz CT molecular complexity index is 407. The van der Waals surface area contributed by atoms with Gasteiger partial charge in [0, 0.05) is 26.2 Å². The fourth-order valence-electron chi connectivity index (χ4n) is 1.99. The molecule has 6 nitrogen and oxygen atoms in total. The lowest BCUT2D eigenvalue weighted by Gasteiger charge is -2.17. The summed E-state index contributed by atoms with van der Waals surface area (Å²) >= 11 is 5.96. The van der Waals surface area contributed by atoms with Crippen LogP contribution in [0.15, 0.2) is 0 Å². The van der Waals surface area contributed by atoms with Crippen LogP contribution in [0.2, 0.25) is 5.28 Å². The zero-order valence-electron chi connectivity index (χ0n) is 11.6. The molecule has 19 heavy (non-hydrogen) atoms. The van der Waals surface area contributed by atoms with E-state index in [1.807, 2.05) is 0 Å². The minimum absolute atomic E-state index is 0.253. The van der Waals surface area contributed by atoms with Crippen molar-refractivity contribution in [3.05, 3.63) is 5.28 Å². The normalized spacial score (nSPS) is 15.3. The molecule has 1 fully saturated rings. The second-order valence-corrected chi connectivity index (χ2v) is 5.08. The summed E-state index contributed by atoms with van der Waals surface area (Å²) in [6.07, 6.45) is 2.38. The molecule has 0 radical (unpaired) electrons. The Hall–Kier alpha value is -1.14. The van der Waals surface area contributed by atoms with Gasteiger partial charge in [0.05, 0.1) is 0 Å². The van der Waals surface area contributed by atoms with Crippen molar-refractivity contribution in [3.8, 4) is 0 Å². The monoisotopic (exact) mass is 284 g/mol. The lowest BCUT2D eigenvalue weighted by Crippen LogP contribution is -2.26. The van der Waals surface area contributed by atoms with Gasteiger partial charge in [0.2, 0.25) is 17.2 Å². The summed E-state index contributed by atoms with van der Waals surface area (Å²) in [6, 6.07) is 0. The van der Waals surface area contributed by atoms with Crippen LogP contribution in [0.4, 0.5) is 11.9 Å². The molecule has 0 bridgehead atoms. The Labute approximate surface area is 119 Å². The summed E-state index contributed by atoms with van der Waals surface area (Å²) in [5.74, 6) is 1.25. The van der Waals surface area contributed by atoms with Gasteiger partial charge in [0.15, 0.2) is 0 Å². The quantitative estimate of drug-likeness (QED) is 0.854.